The first kappa shape index (κ1) is 21.8. The Hall–Kier alpha value is -4.39. The molecular formula is C26H22N2O5. The van der Waals surface area contributed by atoms with E-state index in [9.17, 15) is 20.0 Å². The van der Waals surface area contributed by atoms with Crippen LogP contribution in [-0.2, 0) is 4.79 Å². The van der Waals surface area contributed by atoms with E-state index in [-0.39, 0.29) is 11.4 Å². The minimum absolute atomic E-state index is 0.0437. The monoisotopic (exact) mass is 442 g/mol. The van der Waals surface area contributed by atoms with Gasteiger partial charge in [-0.15, -0.1) is 0 Å². The molecule has 1 heterocycles. The number of rotatable bonds is 7. The standard InChI is InChI=1S/C26H22N2O5/c1-33-22-16-14-20(15-17-22)27-24(19-10-12-21(13-11-19)28(31)32)23(25(29)26(27)30)9-5-8-18-6-3-2-4-7-18/h2-8,10-17,24,29H,9H2,1H3/b8-5+. The van der Waals surface area contributed by atoms with Gasteiger partial charge in [0.25, 0.3) is 11.6 Å². The van der Waals surface area contributed by atoms with E-state index in [1.807, 2.05) is 42.5 Å². The number of hydrogen-bond acceptors (Lipinski definition) is 5. The van der Waals surface area contributed by atoms with Crippen LogP contribution < -0.4 is 9.64 Å². The fourth-order valence-electron chi connectivity index (χ4n) is 3.89. The van der Waals surface area contributed by atoms with Crippen LogP contribution in [-0.4, -0.2) is 23.0 Å². The first-order valence-corrected chi connectivity index (χ1v) is 10.3. The van der Waals surface area contributed by atoms with Crippen molar-refractivity contribution in [1.82, 2.24) is 0 Å². The molecule has 1 N–H and O–H groups in total. The van der Waals surface area contributed by atoms with Gasteiger partial charge in [-0.1, -0.05) is 42.5 Å². The van der Waals surface area contributed by atoms with E-state index in [0.717, 1.165) is 5.56 Å². The number of carbonyl (C=O) groups excluding carboxylic acids is 1. The summed E-state index contributed by atoms with van der Waals surface area (Å²) >= 11 is 0. The van der Waals surface area contributed by atoms with Crippen LogP contribution in [0, 0.1) is 10.1 Å². The molecule has 166 valence electrons. The first-order valence-electron chi connectivity index (χ1n) is 10.3. The molecule has 1 aliphatic heterocycles. The lowest BCUT2D eigenvalue weighted by atomic mass is 9.96. The molecule has 1 amide bonds. The zero-order chi connectivity index (χ0) is 23.4. The Bertz CT molecular complexity index is 1220. The van der Waals surface area contributed by atoms with Crippen molar-refractivity contribution in [2.75, 3.05) is 12.0 Å². The molecule has 0 saturated heterocycles. The summed E-state index contributed by atoms with van der Waals surface area (Å²) in [6.07, 6.45) is 4.15. The Labute approximate surface area is 191 Å². The molecule has 0 radical (unpaired) electrons. The maximum Gasteiger partial charge on any atom is 0.293 e. The van der Waals surface area contributed by atoms with Gasteiger partial charge >= 0.3 is 0 Å². The topological polar surface area (TPSA) is 92.9 Å². The number of ether oxygens (including phenoxy) is 1. The van der Waals surface area contributed by atoms with Gasteiger partial charge in [-0.25, -0.2) is 0 Å². The third kappa shape index (κ3) is 4.48. The Kier molecular flexibility index (Phi) is 6.22. The molecule has 4 rings (SSSR count). The average molecular weight is 442 g/mol. The van der Waals surface area contributed by atoms with Crippen LogP contribution >= 0.6 is 0 Å². The number of carbonyl (C=O) groups is 1. The van der Waals surface area contributed by atoms with Crippen molar-refractivity contribution in [3.05, 3.63) is 118 Å². The number of allylic oxidation sites excluding steroid dienone is 1. The highest BCUT2D eigenvalue weighted by Crippen LogP contribution is 2.42. The number of nitro benzene ring substituents is 1. The molecule has 0 saturated carbocycles. The number of nitro groups is 1. The predicted molar refractivity (Wildman–Crippen MR) is 126 cm³/mol. The van der Waals surface area contributed by atoms with E-state index < -0.39 is 16.9 Å². The summed E-state index contributed by atoms with van der Waals surface area (Å²) in [6.45, 7) is 0. The van der Waals surface area contributed by atoms with E-state index in [4.69, 9.17) is 4.74 Å². The maximum absolute atomic E-state index is 13.1. The molecule has 7 nitrogen and oxygen atoms in total. The van der Waals surface area contributed by atoms with Gasteiger partial charge in [0.15, 0.2) is 5.76 Å². The normalized spacial score (nSPS) is 16.0. The largest absolute Gasteiger partial charge is 0.503 e. The van der Waals surface area contributed by atoms with Crippen LogP contribution in [0.15, 0.2) is 96.3 Å². The van der Waals surface area contributed by atoms with Crippen molar-refractivity contribution in [1.29, 1.82) is 0 Å². The highest BCUT2D eigenvalue weighted by Gasteiger charge is 2.40. The summed E-state index contributed by atoms with van der Waals surface area (Å²) in [4.78, 5) is 25.2. The zero-order valence-corrected chi connectivity index (χ0v) is 17.9. The van der Waals surface area contributed by atoms with Gasteiger partial charge in [-0.2, -0.15) is 0 Å². The summed E-state index contributed by atoms with van der Waals surface area (Å²) in [7, 11) is 1.56. The highest BCUT2D eigenvalue weighted by molar-refractivity contribution is 6.08. The molecule has 0 aromatic heterocycles. The molecule has 0 aliphatic carbocycles. The summed E-state index contributed by atoms with van der Waals surface area (Å²) in [6, 6.07) is 22.1. The van der Waals surface area contributed by atoms with Crippen molar-refractivity contribution in [3.63, 3.8) is 0 Å². The molecule has 3 aromatic carbocycles. The summed E-state index contributed by atoms with van der Waals surface area (Å²) < 4.78 is 5.21. The average Bonchev–Trinajstić information content (AvgIpc) is 3.10. The predicted octanol–water partition coefficient (Wildman–Crippen LogP) is 5.61. The maximum atomic E-state index is 13.1. The number of hydrogen-bond donors (Lipinski definition) is 1. The Balaban J connectivity index is 1.72. The molecule has 0 spiro atoms. The van der Waals surface area contributed by atoms with Crippen LogP contribution in [0.3, 0.4) is 0 Å². The fraction of sp³-hybridized carbons (Fsp3) is 0.115. The van der Waals surface area contributed by atoms with Crippen LogP contribution in [0.1, 0.15) is 23.6 Å². The molecule has 1 aliphatic rings. The number of nitrogens with zero attached hydrogens (tertiary/aromatic N) is 2. The lowest BCUT2D eigenvalue weighted by Gasteiger charge is -2.27. The van der Waals surface area contributed by atoms with Crippen molar-refractivity contribution < 1.29 is 19.6 Å². The fourth-order valence-corrected chi connectivity index (χ4v) is 3.89. The lowest BCUT2D eigenvalue weighted by molar-refractivity contribution is -0.384. The quantitative estimate of drug-likeness (QED) is 0.379. The van der Waals surface area contributed by atoms with E-state index in [0.29, 0.717) is 29.0 Å². The minimum atomic E-state index is -0.605. The van der Waals surface area contributed by atoms with Gasteiger partial charge in [0.1, 0.15) is 5.75 Å². The van der Waals surface area contributed by atoms with Crippen LogP contribution in [0.4, 0.5) is 11.4 Å². The zero-order valence-electron chi connectivity index (χ0n) is 17.9. The van der Waals surface area contributed by atoms with Crippen LogP contribution in [0.5, 0.6) is 5.75 Å². The minimum Gasteiger partial charge on any atom is -0.503 e. The number of methoxy groups -OCH3 is 1. The molecule has 0 bridgehead atoms. The van der Waals surface area contributed by atoms with Gasteiger partial charge in [0.05, 0.1) is 18.1 Å². The first-order chi connectivity index (χ1) is 16.0. The molecule has 3 aromatic rings. The lowest BCUT2D eigenvalue weighted by Crippen LogP contribution is -2.30. The third-order valence-electron chi connectivity index (χ3n) is 5.53. The second-order valence-corrected chi connectivity index (χ2v) is 7.52. The molecule has 7 heteroatoms. The molecular weight excluding hydrogens is 420 g/mol. The van der Waals surface area contributed by atoms with Gasteiger partial charge in [-0.05, 0) is 53.9 Å². The Morgan fingerprint density at radius 2 is 1.70 bits per heavy atom. The van der Waals surface area contributed by atoms with E-state index in [1.54, 1.807) is 43.5 Å². The molecule has 1 unspecified atom stereocenters. The highest BCUT2D eigenvalue weighted by atomic mass is 16.6. The summed E-state index contributed by atoms with van der Waals surface area (Å²) in [5.41, 5.74) is 2.73. The van der Waals surface area contributed by atoms with Crippen molar-refractivity contribution in [3.8, 4) is 5.75 Å². The molecule has 33 heavy (non-hydrogen) atoms. The van der Waals surface area contributed by atoms with Gasteiger partial charge in [0, 0.05) is 23.4 Å². The number of benzene rings is 3. The molecule has 0 fully saturated rings. The van der Waals surface area contributed by atoms with Crippen LogP contribution in [0.2, 0.25) is 0 Å². The van der Waals surface area contributed by atoms with E-state index in [1.165, 1.54) is 17.0 Å². The van der Waals surface area contributed by atoms with Gasteiger partial charge in [0.2, 0.25) is 0 Å². The second-order valence-electron chi connectivity index (χ2n) is 7.52. The smallest absolute Gasteiger partial charge is 0.293 e. The van der Waals surface area contributed by atoms with Crippen molar-refractivity contribution in [2.24, 2.45) is 0 Å². The SMILES string of the molecule is COc1ccc(N2C(=O)C(O)=C(C/C=C/c3ccccc3)C2c2ccc([N+](=O)[O-])cc2)cc1. The Morgan fingerprint density at radius 3 is 2.30 bits per heavy atom. The number of non-ortho nitro benzene ring substituents is 1. The summed E-state index contributed by atoms with van der Waals surface area (Å²) in [5.74, 6) is -0.195. The summed E-state index contributed by atoms with van der Waals surface area (Å²) in [5, 5.41) is 21.9. The Morgan fingerprint density at radius 1 is 1.03 bits per heavy atom. The van der Waals surface area contributed by atoms with Crippen molar-refractivity contribution in [2.45, 2.75) is 12.5 Å². The van der Waals surface area contributed by atoms with E-state index in [2.05, 4.69) is 0 Å². The third-order valence-corrected chi connectivity index (χ3v) is 5.53. The number of anilines is 1. The van der Waals surface area contributed by atoms with Gasteiger partial charge in [-0.3, -0.25) is 19.8 Å². The van der Waals surface area contributed by atoms with Crippen LogP contribution in [0.25, 0.3) is 6.08 Å². The number of amides is 1. The van der Waals surface area contributed by atoms with Crippen molar-refractivity contribution >= 4 is 23.4 Å². The molecule has 1 atom stereocenters. The van der Waals surface area contributed by atoms with E-state index >= 15 is 0 Å². The van der Waals surface area contributed by atoms with Gasteiger partial charge < -0.3 is 9.84 Å². The second kappa shape index (κ2) is 9.40. The number of aliphatic hydroxyl groups excluding tert-OH is 1. The number of aliphatic hydroxyl groups is 1.